The fourth-order valence-electron chi connectivity index (χ4n) is 4.32. The summed E-state index contributed by atoms with van der Waals surface area (Å²) in [5, 5.41) is 9.81. The monoisotopic (exact) mass is 340 g/mol. The van der Waals surface area contributed by atoms with E-state index < -0.39 is 0 Å². The van der Waals surface area contributed by atoms with Crippen LogP contribution in [0.1, 0.15) is 49.3 Å². The number of allylic oxidation sites excluding steroid dienone is 2. The highest BCUT2D eigenvalue weighted by Gasteiger charge is 2.33. The summed E-state index contributed by atoms with van der Waals surface area (Å²) in [6.45, 7) is 0. The second-order valence-electron chi connectivity index (χ2n) is 7.15. The molecule has 1 heterocycles. The third kappa shape index (κ3) is 3.18. The summed E-state index contributed by atoms with van der Waals surface area (Å²) in [7, 11) is 0. The van der Waals surface area contributed by atoms with Crippen LogP contribution < -0.4 is 0 Å². The highest BCUT2D eigenvalue weighted by molar-refractivity contribution is 5.75. The van der Waals surface area contributed by atoms with E-state index in [2.05, 4.69) is 71.6 Å². The van der Waals surface area contributed by atoms with Gasteiger partial charge in [0.1, 0.15) is 6.07 Å². The van der Waals surface area contributed by atoms with Crippen molar-refractivity contribution in [3.05, 3.63) is 89.5 Å². The Morgan fingerprint density at radius 2 is 1.50 bits per heavy atom. The number of nitriles is 1. The Labute approximate surface area is 156 Å². The fourth-order valence-corrected chi connectivity index (χ4v) is 4.32. The van der Waals surface area contributed by atoms with Gasteiger partial charge in [0.25, 0.3) is 0 Å². The summed E-state index contributed by atoms with van der Waals surface area (Å²) in [5.41, 5.74) is 4.30. The largest absolute Gasteiger partial charge is 0.356 e. The molecule has 1 fully saturated rings. The first-order valence-corrected chi connectivity index (χ1v) is 9.60. The lowest BCUT2D eigenvalue weighted by Crippen LogP contribution is -2.39. The molecule has 2 aromatic carbocycles. The van der Waals surface area contributed by atoms with Crippen LogP contribution in [-0.4, -0.2) is 10.9 Å². The highest BCUT2D eigenvalue weighted by atomic mass is 15.2. The first-order valence-electron chi connectivity index (χ1n) is 9.60. The predicted octanol–water partition coefficient (Wildman–Crippen LogP) is 5.87. The third-order valence-electron chi connectivity index (χ3n) is 5.54. The molecular weight excluding hydrogens is 316 g/mol. The number of hydrogen-bond donors (Lipinski definition) is 0. The summed E-state index contributed by atoms with van der Waals surface area (Å²) >= 11 is 0. The zero-order chi connectivity index (χ0) is 17.8. The zero-order valence-corrected chi connectivity index (χ0v) is 15.0. The van der Waals surface area contributed by atoms with Gasteiger partial charge in [-0.2, -0.15) is 5.26 Å². The van der Waals surface area contributed by atoms with E-state index >= 15 is 0 Å². The molecule has 0 spiro atoms. The molecule has 1 atom stereocenters. The minimum Gasteiger partial charge on any atom is -0.356 e. The van der Waals surface area contributed by atoms with E-state index in [1.54, 1.807) is 0 Å². The summed E-state index contributed by atoms with van der Waals surface area (Å²) in [6.07, 6.45) is 10.5. The Bertz CT molecular complexity index is 837. The molecule has 2 aromatic rings. The molecule has 130 valence electrons. The molecule has 0 N–H and O–H groups in total. The topological polar surface area (TPSA) is 27.0 Å². The Morgan fingerprint density at radius 1 is 0.846 bits per heavy atom. The van der Waals surface area contributed by atoms with Crippen LogP contribution in [0.4, 0.5) is 0 Å². The van der Waals surface area contributed by atoms with Gasteiger partial charge in [0.2, 0.25) is 0 Å². The van der Waals surface area contributed by atoms with Crippen LogP contribution in [0.25, 0.3) is 5.70 Å². The summed E-state index contributed by atoms with van der Waals surface area (Å²) < 4.78 is 0. The molecule has 26 heavy (non-hydrogen) atoms. The van der Waals surface area contributed by atoms with Crippen LogP contribution in [0.2, 0.25) is 0 Å². The molecule has 2 heteroatoms. The molecule has 2 nitrogen and oxygen atoms in total. The second-order valence-corrected chi connectivity index (χ2v) is 7.15. The zero-order valence-electron chi connectivity index (χ0n) is 15.0. The Kier molecular flexibility index (Phi) is 4.88. The quantitative estimate of drug-likeness (QED) is 0.699. The van der Waals surface area contributed by atoms with E-state index in [4.69, 9.17) is 0 Å². The van der Waals surface area contributed by atoms with Gasteiger partial charge in [-0.15, -0.1) is 0 Å². The van der Waals surface area contributed by atoms with E-state index in [0.717, 1.165) is 16.8 Å². The minimum absolute atomic E-state index is 0.187. The first kappa shape index (κ1) is 16.7. The Balaban J connectivity index is 1.84. The van der Waals surface area contributed by atoms with Gasteiger partial charge in [-0.3, -0.25) is 0 Å². The van der Waals surface area contributed by atoms with E-state index in [1.807, 2.05) is 12.1 Å². The molecular formula is C24H24N2. The van der Waals surface area contributed by atoms with E-state index in [-0.39, 0.29) is 6.04 Å². The van der Waals surface area contributed by atoms with Crippen molar-refractivity contribution in [2.75, 3.05) is 0 Å². The molecule has 0 saturated heterocycles. The SMILES string of the molecule is N#CC1=C(c2ccccc2)N(C2CCCCC2)C(c2ccccc2)C=C1. The lowest BCUT2D eigenvalue weighted by atomic mass is 9.87. The van der Waals surface area contributed by atoms with Crippen molar-refractivity contribution >= 4 is 5.70 Å². The van der Waals surface area contributed by atoms with Crippen molar-refractivity contribution in [2.24, 2.45) is 0 Å². The van der Waals surface area contributed by atoms with Crippen molar-refractivity contribution in [1.82, 2.24) is 4.90 Å². The van der Waals surface area contributed by atoms with Crippen LogP contribution in [-0.2, 0) is 0 Å². The third-order valence-corrected chi connectivity index (χ3v) is 5.54. The van der Waals surface area contributed by atoms with Crippen molar-refractivity contribution in [3.8, 4) is 6.07 Å². The van der Waals surface area contributed by atoms with Gasteiger partial charge in [-0.05, 0) is 30.0 Å². The molecule has 1 saturated carbocycles. The molecule has 1 unspecified atom stereocenters. The van der Waals surface area contributed by atoms with Crippen LogP contribution >= 0.6 is 0 Å². The number of hydrogen-bond acceptors (Lipinski definition) is 2. The van der Waals surface area contributed by atoms with E-state index in [9.17, 15) is 5.26 Å². The van der Waals surface area contributed by atoms with Crippen LogP contribution in [0, 0.1) is 11.3 Å². The smallest absolute Gasteiger partial charge is 0.101 e. The van der Waals surface area contributed by atoms with Gasteiger partial charge in [0, 0.05) is 6.04 Å². The second kappa shape index (κ2) is 7.62. The average Bonchev–Trinajstić information content (AvgIpc) is 2.74. The summed E-state index contributed by atoms with van der Waals surface area (Å²) in [6, 6.07) is 24.2. The van der Waals surface area contributed by atoms with Crippen LogP contribution in [0.3, 0.4) is 0 Å². The molecule has 0 bridgehead atoms. The maximum atomic E-state index is 9.81. The predicted molar refractivity (Wildman–Crippen MR) is 106 cm³/mol. The average molecular weight is 340 g/mol. The molecule has 2 aliphatic rings. The maximum absolute atomic E-state index is 9.81. The molecule has 1 aliphatic carbocycles. The number of rotatable bonds is 3. The van der Waals surface area contributed by atoms with Gasteiger partial charge < -0.3 is 4.90 Å². The molecule has 0 aromatic heterocycles. The maximum Gasteiger partial charge on any atom is 0.101 e. The van der Waals surface area contributed by atoms with Crippen molar-refractivity contribution in [3.63, 3.8) is 0 Å². The molecule has 0 amide bonds. The van der Waals surface area contributed by atoms with Crippen LogP contribution in [0.5, 0.6) is 0 Å². The molecule has 1 aliphatic heterocycles. The Hall–Kier alpha value is -2.79. The normalized spacial score (nSPS) is 20.9. The molecule has 0 radical (unpaired) electrons. The number of benzene rings is 2. The number of nitrogens with zero attached hydrogens (tertiary/aromatic N) is 2. The summed E-state index contributed by atoms with van der Waals surface area (Å²) in [4.78, 5) is 2.53. The first-order chi connectivity index (χ1) is 12.9. The minimum atomic E-state index is 0.187. The fraction of sp³-hybridized carbons (Fsp3) is 0.292. The lowest BCUT2D eigenvalue weighted by molar-refractivity contribution is 0.198. The Morgan fingerprint density at radius 3 is 2.15 bits per heavy atom. The van der Waals surface area contributed by atoms with Gasteiger partial charge in [-0.1, -0.05) is 86.0 Å². The standard InChI is InChI=1S/C24H24N2/c25-18-21-16-17-23(19-10-4-1-5-11-19)26(22-14-8-3-9-15-22)24(21)20-12-6-2-7-13-20/h1-2,4-7,10-13,16-17,22-23H,3,8-9,14-15H2. The van der Waals surface area contributed by atoms with Gasteiger partial charge in [-0.25, -0.2) is 0 Å². The van der Waals surface area contributed by atoms with Gasteiger partial charge >= 0.3 is 0 Å². The van der Waals surface area contributed by atoms with E-state index in [0.29, 0.717) is 6.04 Å². The van der Waals surface area contributed by atoms with Gasteiger partial charge in [0.15, 0.2) is 0 Å². The summed E-state index contributed by atoms with van der Waals surface area (Å²) in [5.74, 6) is 0. The van der Waals surface area contributed by atoms with Crippen molar-refractivity contribution in [2.45, 2.75) is 44.2 Å². The van der Waals surface area contributed by atoms with Crippen molar-refractivity contribution < 1.29 is 0 Å². The lowest BCUT2D eigenvalue weighted by Gasteiger charge is -2.44. The van der Waals surface area contributed by atoms with E-state index in [1.165, 1.54) is 37.7 Å². The highest BCUT2D eigenvalue weighted by Crippen LogP contribution is 2.42. The van der Waals surface area contributed by atoms with Crippen LogP contribution in [0.15, 0.2) is 78.4 Å². The van der Waals surface area contributed by atoms with Gasteiger partial charge in [0.05, 0.1) is 17.3 Å². The molecule has 4 rings (SSSR count). The van der Waals surface area contributed by atoms with Crippen molar-refractivity contribution in [1.29, 1.82) is 5.26 Å².